The van der Waals surface area contributed by atoms with E-state index in [-0.39, 0.29) is 16.7 Å². The molecule has 1 atom stereocenters. The van der Waals surface area contributed by atoms with Gasteiger partial charge in [-0.3, -0.25) is 19.4 Å². The molecule has 0 spiro atoms. The minimum atomic E-state index is -3.55. The number of rotatable bonds is 7. The monoisotopic (exact) mass is 477 g/mol. The molecule has 0 unspecified atom stereocenters. The minimum absolute atomic E-state index is 0.197. The highest BCUT2D eigenvalue weighted by atomic mass is 32.2. The summed E-state index contributed by atoms with van der Waals surface area (Å²) in [5.41, 5.74) is 1.35. The fraction of sp³-hybridized carbons (Fsp3) is 0.652. The van der Waals surface area contributed by atoms with Crippen molar-refractivity contribution >= 4 is 27.5 Å². The zero-order chi connectivity index (χ0) is 23.6. The van der Waals surface area contributed by atoms with Crippen molar-refractivity contribution in [3.05, 3.63) is 23.8 Å². The highest BCUT2D eigenvalue weighted by Crippen LogP contribution is 2.35. The topological polar surface area (TPSA) is 93.3 Å². The van der Waals surface area contributed by atoms with Gasteiger partial charge in [-0.15, -0.1) is 0 Å². The third-order valence-electron chi connectivity index (χ3n) is 7.02. The van der Waals surface area contributed by atoms with Gasteiger partial charge in [-0.1, -0.05) is 6.92 Å². The molecule has 1 aromatic carbocycles. The van der Waals surface area contributed by atoms with E-state index in [1.54, 1.807) is 18.2 Å². The van der Waals surface area contributed by atoms with Crippen LogP contribution in [0, 0.1) is 0 Å². The molecule has 0 saturated carbocycles. The Kier molecular flexibility index (Phi) is 7.37. The second kappa shape index (κ2) is 10.1. The van der Waals surface area contributed by atoms with E-state index in [4.69, 9.17) is 0 Å². The van der Waals surface area contributed by atoms with Crippen molar-refractivity contribution < 1.29 is 18.0 Å². The zero-order valence-electron chi connectivity index (χ0n) is 19.6. The fourth-order valence-electron chi connectivity index (χ4n) is 5.05. The normalized spacial score (nSPS) is 22.5. The van der Waals surface area contributed by atoms with Crippen molar-refractivity contribution in [2.45, 2.75) is 44.0 Å². The van der Waals surface area contributed by atoms with E-state index in [1.807, 2.05) is 0 Å². The highest BCUT2D eigenvalue weighted by molar-refractivity contribution is 7.89. The van der Waals surface area contributed by atoms with Crippen LogP contribution in [0.1, 0.15) is 32.3 Å². The number of nitrogens with zero attached hydrogens (tertiary/aromatic N) is 4. The van der Waals surface area contributed by atoms with Crippen molar-refractivity contribution in [2.24, 2.45) is 0 Å². The number of benzene rings is 1. The van der Waals surface area contributed by atoms with E-state index >= 15 is 0 Å². The summed E-state index contributed by atoms with van der Waals surface area (Å²) in [5, 5.41) is 2.99. The number of sulfonamides is 1. The van der Waals surface area contributed by atoms with Crippen molar-refractivity contribution in [1.29, 1.82) is 0 Å². The molecule has 2 amide bonds. The molecule has 3 aliphatic heterocycles. The Labute approximate surface area is 196 Å². The van der Waals surface area contributed by atoms with E-state index in [2.05, 4.69) is 22.0 Å². The highest BCUT2D eigenvalue weighted by Gasteiger charge is 2.38. The predicted octanol–water partition coefficient (Wildman–Crippen LogP) is 0.502. The third kappa shape index (κ3) is 5.08. The number of anilines is 1. The molecular formula is C23H35N5O4S. The molecule has 3 aliphatic rings. The summed E-state index contributed by atoms with van der Waals surface area (Å²) < 4.78 is 27.4. The van der Waals surface area contributed by atoms with Gasteiger partial charge in [0.05, 0.1) is 4.90 Å². The number of carbonyl (C=O) groups is 2. The summed E-state index contributed by atoms with van der Waals surface area (Å²) in [4.78, 5) is 31.9. The van der Waals surface area contributed by atoms with Crippen LogP contribution in [0.2, 0.25) is 0 Å². The Morgan fingerprint density at radius 3 is 2.33 bits per heavy atom. The van der Waals surface area contributed by atoms with Gasteiger partial charge < -0.3 is 10.2 Å². The molecule has 10 heteroatoms. The fourth-order valence-corrected chi connectivity index (χ4v) is 6.62. The summed E-state index contributed by atoms with van der Waals surface area (Å²) in [7, 11) is -3.55. The van der Waals surface area contributed by atoms with Gasteiger partial charge in [0.1, 0.15) is 6.04 Å². The van der Waals surface area contributed by atoms with Crippen LogP contribution in [0.3, 0.4) is 0 Å². The first-order valence-electron chi connectivity index (χ1n) is 12.0. The van der Waals surface area contributed by atoms with Crippen LogP contribution in [0.4, 0.5) is 5.69 Å². The zero-order valence-corrected chi connectivity index (χ0v) is 20.4. The molecule has 2 saturated heterocycles. The van der Waals surface area contributed by atoms with Crippen LogP contribution in [0.5, 0.6) is 0 Å². The molecular weight excluding hydrogens is 442 g/mol. The Bertz CT molecular complexity index is 985. The molecule has 2 fully saturated rings. The second-order valence-electron chi connectivity index (χ2n) is 9.08. The van der Waals surface area contributed by atoms with E-state index in [1.165, 1.54) is 16.1 Å². The maximum atomic E-state index is 13.0. The van der Waals surface area contributed by atoms with Crippen LogP contribution < -0.4 is 10.2 Å². The number of nitrogens with one attached hydrogen (secondary N) is 1. The standard InChI is InChI=1S/C23H35N5O4S/c1-3-25-12-14-26(15-13-25)11-8-24-23(30)22-17-19-16-20(6-7-21(19)28(22)18(2)29)33(31,32)27-9-4-5-10-27/h6-7,16,22H,3-5,8-15,17H2,1-2H3,(H,24,30)/t22-/m0/s1. The van der Waals surface area contributed by atoms with Crippen molar-refractivity contribution in [3.8, 4) is 0 Å². The van der Waals surface area contributed by atoms with E-state index < -0.39 is 16.1 Å². The molecule has 0 bridgehead atoms. The summed E-state index contributed by atoms with van der Waals surface area (Å²) in [6.07, 6.45) is 2.07. The first kappa shape index (κ1) is 24.1. The van der Waals surface area contributed by atoms with E-state index in [0.29, 0.717) is 31.7 Å². The van der Waals surface area contributed by atoms with Crippen molar-refractivity contribution in [2.75, 3.05) is 63.8 Å². The summed E-state index contributed by atoms with van der Waals surface area (Å²) in [5.74, 6) is -0.419. The maximum absolute atomic E-state index is 13.0. The second-order valence-corrected chi connectivity index (χ2v) is 11.0. The average Bonchev–Trinajstić information content (AvgIpc) is 3.47. The smallest absolute Gasteiger partial charge is 0.243 e. The summed E-state index contributed by atoms with van der Waals surface area (Å²) in [6, 6.07) is 4.21. The third-order valence-corrected chi connectivity index (χ3v) is 8.91. The molecule has 3 heterocycles. The largest absolute Gasteiger partial charge is 0.353 e. The van der Waals surface area contributed by atoms with Gasteiger partial charge in [0.2, 0.25) is 21.8 Å². The molecule has 0 aliphatic carbocycles. The number of hydrogen-bond donors (Lipinski definition) is 1. The Morgan fingerprint density at radius 1 is 1.03 bits per heavy atom. The van der Waals surface area contributed by atoms with Gasteiger partial charge in [0.15, 0.2) is 0 Å². The van der Waals surface area contributed by atoms with Gasteiger partial charge in [0.25, 0.3) is 0 Å². The lowest BCUT2D eigenvalue weighted by Gasteiger charge is -2.34. The number of fused-ring (bicyclic) bond motifs is 1. The van der Waals surface area contributed by atoms with E-state index in [0.717, 1.165) is 57.7 Å². The summed E-state index contributed by atoms with van der Waals surface area (Å²) >= 11 is 0. The molecule has 33 heavy (non-hydrogen) atoms. The molecule has 1 aromatic rings. The van der Waals surface area contributed by atoms with Crippen LogP contribution in [-0.4, -0.2) is 99.3 Å². The number of likely N-dealkylation sites (N-methyl/N-ethyl adjacent to an activating group) is 1. The van der Waals surface area contributed by atoms with Crippen molar-refractivity contribution in [3.63, 3.8) is 0 Å². The predicted molar refractivity (Wildman–Crippen MR) is 127 cm³/mol. The van der Waals surface area contributed by atoms with Crippen LogP contribution in [-0.2, 0) is 26.0 Å². The van der Waals surface area contributed by atoms with Crippen LogP contribution >= 0.6 is 0 Å². The maximum Gasteiger partial charge on any atom is 0.243 e. The van der Waals surface area contributed by atoms with Crippen molar-refractivity contribution in [1.82, 2.24) is 19.4 Å². The van der Waals surface area contributed by atoms with E-state index in [9.17, 15) is 18.0 Å². The first-order chi connectivity index (χ1) is 15.8. The van der Waals surface area contributed by atoms with Crippen LogP contribution in [0.15, 0.2) is 23.1 Å². The Balaban J connectivity index is 1.40. The Morgan fingerprint density at radius 2 is 1.70 bits per heavy atom. The molecule has 0 radical (unpaired) electrons. The Hall–Kier alpha value is -2.01. The van der Waals surface area contributed by atoms with Gasteiger partial charge in [-0.25, -0.2) is 8.42 Å². The van der Waals surface area contributed by atoms with Gasteiger partial charge >= 0.3 is 0 Å². The van der Waals surface area contributed by atoms with Gasteiger partial charge in [-0.05, 0) is 43.1 Å². The molecule has 4 rings (SSSR count). The average molecular weight is 478 g/mol. The molecule has 0 aromatic heterocycles. The first-order valence-corrected chi connectivity index (χ1v) is 13.4. The number of carbonyl (C=O) groups excluding carboxylic acids is 2. The molecule has 1 N–H and O–H groups in total. The van der Waals surface area contributed by atoms with Gasteiger partial charge in [0, 0.05) is 71.4 Å². The number of piperazine rings is 1. The molecule has 9 nitrogen and oxygen atoms in total. The lowest BCUT2D eigenvalue weighted by atomic mass is 10.1. The summed E-state index contributed by atoms with van der Waals surface area (Å²) in [6.45, 7) is 11.1. The SMILES string of the molecule is CCN1CCN(CCNC(=O)[C@@H]2Cc3cc(S(=O)(=O)N4CCCC4)ccc3N2C(C)=O)CC1. The van der Waals surface area contributed by atoms with Crippen LogP contribution in [0.25, 0.3) is 0 Å². The lowest BCUT2D eigenvalue weighted by molar-refractivity contribution is -0.125. The van der Waals surface area contributed by atoms with Gasteiger partial charge in [-0.2, -0.15) is 4.31 Å². The lowest BCUT2D eigenvalue weighted by Crippen LogP contribution is -2.51. The number of amides is 2. The molecule has 182 valence electrons. The quantitative estimate of drug-likeness (QED) is 0.615. The minimum Gasteiger partial charge on any atom is -0.353 e. The number of hydrogen-bond acceptors (Lipinski definition) is 6.